The molecule has 1 aromatic rings. The molecule has 1 aliphatic heterocycles. The molecule has 1 fully saturated rings. The van der Waals surface area contributed by atoms with Gasteiger partial charge in [0.2, 0.25) is 10.0 Å². The lowest BCUT2D eigenvalue weighted by Gasteiger charge is -2.23. The SMILES string of the molecule is CC(CNS(=O)(=O)c1ccc(N)cc1C#N)N1CCCC1. The highest BCUT2D eigenvalue weighted by Gasteiger charge is 2.22. The molecule has 1 atom stereocenters. The van der Waals surface area contributed by atoms with Crippen molar-refractivity contribution in [3.8, 4) is 6.07 Å². The van der Waals surface area contributed by atoms with Gasteiger partial charge in [-0.05, 0) is 51.1 Å². The summed E-state index contributed by atoms with van der Waals surface area (Å²) >= 11 is 0. The number of rotatable bonds is 5. The fourth-order valence-electron chi connectivity index (χ4n) is 2.49. The number of hydrogen-bond donors (Lipinski definition) is 2. The average Bonchev–Trinajstić information content (AvgIpc) is 2.98. The van der Waals surface area contributed by atoms with E-state index in [1.165, 1.54) is 18.2 Å². The van der Waals surface area contributed by atoms with E-state index in [0.717, 1.165) is 25.9 Å². The third-order valence-electron chi connectivity index (χ3n) is 3.75. The maximum Gasteiger partial charge on any atom is 0.241 e. The van der Waals surface area contributed by atoms with E-state index in [2.05, 4.69) is 9.62 Å². The van der Waals surface area contributed by atoms with Crippen LogP contribution in [-0.4, -0.2) is 39.0 Å². The van der Waals surface area contributed by atoms with Crippen molar-refractivity contribution in [2.45, 2.75) is 30.7 Å². The van der Waals surface area contributed by atoms with Crippen molar-refractivity contribution in [2.24, 2.45) is 0 Å². The highest BCUT2D eigenvalue weighted by molar-refractivity contribution is 7.89. The van der Waals surface area contributed by atoms with E-state index in [1.807, 2.05) is 13.0 Å². The smallest absolute Gasteiger partial charge is 0.241 e. The van der Waals surface area contributed by atoms with Crippen molar-refractivity contribution in [1.29, 1.82) is 5.26 Å². The van der Waals surface area contributed by atoms with Gasteiger partial charge in [-0.2, -0.15) is 5.26 Å². The first-order chi connectivity index (χ1) is 9.94. The highest BCUT2D eigenvalue weighted by atomic mass is 32.2. The van der Waals surface area contributed by atoms with Crippen molar-refractivity contribution in [3.63, 3.8) is 0 Å². The van der Waals surface area contributed by atoms with E-state index >= 15 is 0 Å². The van der Waals surface area contributed by atoms with Gasteiger partial charge in [0.05, 0.1) is 10.5 Å². The van der Waals surface area contributed by atoms with Gasteiger partial charge in [-0.1, -0.05) is 0 Å². The number of likely N-dealkylation sites (tertiary alicyclic amines) is 1. The molecule has 1 aromatic carbocycles. The summed E-state index contributed by atoms with van der Waals surface area (Å²) in [5.74, 6) is 0. The minimum atomic E-state index is -3.70. The first-order valence-corrected chi connectivity index (χ1v) is 8.45. The van der Waals surface area contributed by atoms with Gasteiger partial charge < -0.3 is 5.73 Å². The zero-order valence-electron chi connectivity index (χ0n) is 12.0. The molecule has 114 valence electrons. The van der Waals surface area contributed by atoms with Gasteiger partial charge in [0.15, 0.2) is 0 Å². The minimum absolute atomic E-state index is 0.0205. The Morgan fingerprint density at radius 1 is 1.43 bits per heavy atom. The van der Waals surface area contributed by atoms with Crippen molar-refractivity contribution < 1.29 is 8.42 Å². The van der Waals surface area contributed by atoms with E-state index < -0.39 is 10.0 Å². The van der Waals surface area contributed by atoms with Crippen molar-refractivity contribution in [3.05, 3.63) is 23.8 Å². The fourth-order valence-corrected chi connectivity index (χ4v) is 3.75. The van der Waals surface area contributed by atoms with E-state index in [9.17, 15) is 8.42 Å². The summed E-state index contributed by atoms with van der Waals surface area (Å²) in [7, 11) is -3.70. The fraction of sp³-hybridized carbons (Fsp3) is 0.500. The van der Waals surface area contributed by atoms with Crippen LogP contribution in [0.1, 0.15) is 25.3 Å². The molecule has 0 bridgehead atoms. The topological polar surface area (TPSA) is 99.2 Å². The lowest BCUT2D eigenvalue weighted by molar-refractivity contribution is 0.260. The predicted molar refractivity (Wildman–Crippen MR) is 81.0 cm³/mol. The van der Waals surface area contributed by atoms with Crippen LogP contribution in [0.3, 0.4) is 0 Å². The van der Waals surface area contributed by atoms with E-state index in [-0.39, 0.29) is 16.5 Å². The van der Waals surface area contributed by atoms with Crippen LogP contribution in [-0.2, 0) is 10.0 Å². The second-order valence-corrected chi connectivity index (χ2v) is 7.05. The Morgan fingerprint density at radius 3 is 2.71 bits per heavy atom. The van der Waals surface area contributed by atoms with Crippen molar-refractivity contribution in [1.82, 2.24) is 9.62 Å². The molecule has 1 aliphatic rings. The Morgan fingerprint density at radius 2 is 2.10 bits per heavy atom. The second-order valence-electron chi connectivity index (χ2n) is 5.31. The van der Waals surface area contributed by atoms with Crippen molar-refractivity contribution >= 4 is 15.7 Å². The van der Waals surface area contributed by atoms with Crippen LogP contribution in [0, 0.1) is 11.3 Å². The molecule has 1 unspecified atom stereocenters. The lowest BCUT2D eigenvalue weighted by atomic mass is 10.2. The standard InChI is InChI=1S/C14H20N4O2S/c1-11(18-6-2-3-7-18)10-17-21(19,20)14-5-4-13(16)8-12(14)9-15/h4-5,8,11,17H,2-3,6-7,10,16H2,1H3. The molecule has 0 amide bonds. The first-order valence-electron chi connectivity index (χ1n) is 6.97. The molecule has 2 rings (SSSR count). The van der Waals surface area contributed by atoms with Crippen molar-refractivity contribution in [2.75, 3.05) is 25.4 Å². The molecule has 7 heteroatoms. The molecule has 3 N–H and O–H groups in total. The number of nitrogens with one attached hydrogen (secondary N) is 1. The Labute approximate surface area is 125 Å². The Hall–Kier alpha value is -1.62. The van der Waals surface area contributed by atoms with Gasteiger partial charge in [0, 0.05) is 18.3 Å². The number of nitrogens with two attached hydrogens (primary N) is 1. The largest absolute Gasteiger partial charge is 0.399 e. The van der Waals surface area contributed by atoms with E-state index in [1.54, 1.807) is 0 Å². The summed E-state index contributed by atoms with van der Waals surface area (Å²) < 4.78 is 27.2. The zero-order valence-corrected chi connectivity index (χ0v) is 12.9. The Balaban J connectivity index is 2.10. The molecular formula is C14H20N4O2S. The maximum absolute atomic E-state index is 12.3. The van der Waals surface area contributed by atoms with Crippen LogP contribution in [0.2, 0.25) is 0 Å². The van der Waals surface area contributed by atoms with Gasteiger partial charge in [0.25, 0.3) is 0 Å². The number of nitrogen functional groups attached to an aromatic ring is 1. The molecule has 1 heterocycles. The summed E-state index contributed by atoms with van der Waals surface area (Å²) in [4.78, 5) is 2.24. The molecule has 0 saturated carbocycles. The van der Waals surface area contributed by atoms with Crippen LogP contribution >= 0.6 is 0 Å². The quantitative estimate of drug-likeness (QED) is 0.787. The predicted octanol–water partition coefficient (Wildman–Crippen LogP) is 0.903. The summed E-state index contributed by atoms with van der Waals surface area (Å²) in [6, 6.07) is 6.25. The highest BCUT2D eigenvalue weighted by Crippen LogP contribution is 2.18. The number of benzene rings is 1. The number of hydrogen-bond acceptors (Lipinski definition) is 5. The molecule has 21 heavy (non-hydrogen) atoms. The third-order valence-corrected chi connectivity index (χ3v) is 5.23. The van der Waals surface area contributed by atoms with Crippen LogP contribution in [0.15, 0.2) is 23.1 Å². The third kappa shape index (κ3) is 3.73. The lowest BCUT2D eigenvalue weighted by Crippen LogP contribution is -2.40. The molecule has 0 aromatic heterocycles. The summed E-state index contributed by atoms with van der Waals surface area (Å²) in [6.07, 6.45) is 2.32. The minimum Gasteiger partial charge on any atom is -0.399 e. The summed E-state index contributed by atoms with van der Waals surface area (Å²) in [5.41, 5.74) is 6.02. The Kier molecular flexibility index (Phi) is 4.83. The van der Waals surface area contributed by atoms with Gasteiger partial charge in [-0.15, -0.1) is 0 Å². The van der Waals surface area contributed by atoms with E-state index in [4.69, 9.17) is 11.0 Å². The molecule has 0 aliphatic carbocycles. The van der Waals surface area contributed by atoms with Gasteiger partial charge in [-0.25, -0.2) is 13.1 Å². The van der Waals surface area contributed by atoms with Gasteiger partial charge >= 0.3 is 0 Å². The number of nitrogens with zero attached hydrogens (tertiary/aromatic N) is 2. The van der Waals surface area contributed by atoms with Gasteiger partial charge in [0.1, 0.15) is 6.07 Å². The number of anilines is 1. The summed E-state index contributed by atoms with van der Waals surface area (Å²) in [5, 5.41) is 9.05. The number of nitriles is 1. The first kappa shape index (κ1) is 15.8. The molecule has 1 saturated heterocycles. The molecule has 6 nitrogen and oxygen atoms in total. The van der Waals surface area contributed by atoms with Crippen LogP contribution < -0.4 is 10.5 Å². The monoisotopic (exact) mass is 308 g/mol. The molecule has 0 radical (unpaired) electrons. The maximum atomic E-state index is 12.3. The zero-order chi connectivity index (χ0) is 15.5. The second kappa shape index (κ2) is 6.43. The normalized spacial score (nSPS) is 17.5. The molecule has 0 spiro atoms. The number of sulfonamides is 1. The van der Waals surface area contributed by atoms with E-state index in [0.29, 0.717) is 12.2 Å². The summed E-state index contributed by atoms with van der Waals surface area (Å²) in [6.45, 7) is 4.35. The van der Waals surface area contributed by atoms with Crippen LogP contribution in [0.25, 0.3) is 0 Å². The van der Waals surface area contributed by atoms with Crippen LogP contribution in [0.4, 0.5) is 5.69 Å². The molecular weight excluding hydrogens is 288 g/mol. The van der Waals surface area contributed by atoms with Crippen LogP contribution in [0.5, 0.6) is 0 Å². The Bertz CT molecular complexity index is 645. The van der Waals surface area contributed by atoms with Gasteiger partial charge in [-0.3, -0.25) is 4.90 Å². The average molecular weight is 308 g/mol.